The average molecular weight is 467 g/mol. The smallest absolute Gasteiger partial charge is 0.247 e. The molecule has 1 aromatic heterocycles. The SMILES string of the molecule is CCCCOc1ccc(NC(=O)CSC2=C(C#N)[C@@H](c3ccco3)C(C(N)=O)=C(C)N2)cc1. The lowest BCUT2D eigenvalue weighted by atomic mass is 9.86. The van der Waals surface area contributed by atoms with E-state index in [1.165, 1.54) is 18.0 Å². The second-order valence-electron chi connectivity index (χ2n) is 7.39. The molecule has 1 aliphatic heterocycles. The molecule has 0 aliphatic carbocycles. The van der Waals surface area contributed by atoms with E-state index in [9.17, 15) is 14.9 Å². The third-order valence-corrected chi connectivity index (χ3v) is 6.01. The number of amides is 2. The van der Waals surface area contributed by atoms with Gasteiger partial charge in [-0.05, 0) is 49.7 Å². The van der Waals surface area contributed by atoms with E-state index in [0.29, 0.717) is 28.8 Å². The van der Waals surface area contributed by atoms with Gasteiger partial charge in [0.25, 0.3) is 0 Å². The van der Waals surface area contributed by atoms with Crippen molar-refractivity contribution in [3.8, 4) is 11.8 Å². The van der Waals surface area contributed by atoms with Crippen LogP contribution in [0.25, 0.3) is 0 Å². The molecule has 0 radical (unpaired) electrons. The predicted octanol–water partition coefficient (Wildman–Crippen LogP) is 4.01. The quantitative estimate of drug-likeness (QED) is 0.451. The Hall–Kier alpha value is -3.64. The zero-order valence-electron chi connectivity index (χ0n) is 18.5. The summed E-state index contributed by atoms with van der Waals surface area (Å²) in [4.78, 5) is 24.6. The zero-order valence-corrected chi connectivity index (χ0v) is 19.3. The number of nitriles is 1. The summed E-state index contributed by atoms with van der Waals surface area (Å²) in [5.41, 5.74) is 7.28. The van der Waals surface area contributed by atoms with Gasteiger partial charge in [-0.2, -0.15) is 5.26 Å². The summed E-state index contributed by atoms with van der Waals surface area (Å²) < 4.78 is 11.1. The molecule has 2 heterocycles. The molecular weight excluding hydrogens is 440 g/mol. The molecule has 9 heteroatoms. The molecule has 4 N–H and O–H groups in total. The lowest BCUT2D eigenvalue weighted by Gasteiger charge is -2.27. The lowest BCUT2D eigenvalue weighted by Crippen LogP contribution is -2.31. The van der Waals surface area contributed by atoms with Crippen LogP contribution in [0.15, 0.2) is 69.0 Å². The highest BCUT2D eigenvalue weighted by molar-refractivity contribution is 8.03. The van der Waals surface area contributed by atoms with Crippen molar-refractivity contribution >= 4 is 29.3 Å². The first-order valence-electron chi connectivity index (χ1n) is 10.5. The summed E-state index contributed by atoms with van der Waals surface area (Å²) in [6, 6.07) is 12.7. The largest absolute Gasteiger partial charge is 0.494 e. The van der Waals surface area contributed by atoms with Gasteiger partial charge in [0.15, 0.2) is 0 Å². The van der Waals surface area contributed by atoms with Crippen LogP contribution in [0.5, 0.6) is 5.75 Å². The van der Waals surface area contributed by atoms with Crippen molar-refractivity contribution in [3.05, 3.63) is 70.3 Å². The average Bonchev–Trinajstić information content (AvgIpc) is 3.33. The number of benzene rings is 1. The molecular formula is C24H26N4O4S. The fourth-order valence-electron chi connectivity index (χ4n) is 3.40. The van der Waals surface area contributed by atoms with E-state index in [1.54, 1.807) is 31.2 Å². The Balaban J connectivity index is 1.68. The Bertz CT molecular complexity index is 1100. The maximum atomic E-state index is 12.5. The fourth-order valence-corrected chi connectivity index (χ4v) is 4.29. The number of thioether (sulfide) groups is 1. The maximum Gasteiger partial charge on any atom is 0.247 e. The van der Waals surface area contributed by atoms with E-state index in [1.807, 2.05) is 12.1 Å². The highest BCUT2D eigenvalue weighted by Crippen LogP contribution is 2.40. The summed E-state index contributed by atoms with van der Waals surface area (Å²) in [6.07, 6.45) is 3.52. The third kappa shape index (κ3) is 5.99. The summed E-state index contributed by atoms with van der Waals surface area (Å²) in [7, 11) is 0. The van der Waals surface area contributed by atoms with E-state index >= 15 is 0 Å². The molecule has 0 fully saturated rings. The Labute approximate surface area is 196 Å². The van der Waals surface area contributed by atoms with Crippen LogP contribution in [0, 0.1) is 11.3 Å². The number of nitrogens with one attached hydrogen (secondary N) is 2. The molecule has 1 aliphatic rings. The van der Waals surface area contributed by atoms with Crippen LogP contribution in [0.2, 0.25) is 0 Å². The molecule has 8 nitrogen and oxygen atoms in total. The molecule has 0 spiro atoms. The summed E-state index contributed by atoms with van der Waals surface area (Å²) in [5.74, 6) is -0.352. The number of rotatable bonds is 10. The van der Waals surface area contributed by atoms with Crippen molar-refractivity contribution in [2.24, 2.45) is 5.73 Å². The first-order chi connectivity index (χ1) is 15.9. The number of dihydropyridines is 1. The second kappa shape index (κ2) is 11.3. The highest BCUT2D eigenvalue weighted by Gasteiger charge is 2.35. The maximum absolute atomic E-state index is 12.5. The number of carbonyl (C=O) groups is 2. The molecule has 0 saturated carbocycles. The van der Waals surface area contributed by atoms with Gasteiger partial charge in [-0.1, -0.05) is 25.1 Å². The number of nitrogens with zero attached hydrogens (tertiary/aromatic N) is 1. The molecule has 0 unspecified atom stereocenters. The van der Waals surface area contributed by atoms with E-state index in [-0.39, 0.29) is 22.8 Å². The molecule has 0 bridgehead atoms. The van der Waals surface area contributed by atoms with Crippen molar-refractivity contribution in [1.82, 2.24) is 5.32 Å². The molecule has 2 amide bonds. The van der Waals surface area contributed by atoms with E-state index < -0.39 is 11.8 Å². The van der Waals surface area contributed by atoms with E-state index in [2.05, 4.69) is 23.6 Å². The van der Waals surface area contributed by atoms with Crippen molar-refractivity contribution in [2.75, 3.05) is 17.7 Å². The minimum atomic E-state index is -0.727. The summed E-state index contributed by atoms with van der Waals surface area (Å²) >= 11 is 1.17. The number of furan rings is 1. The van der Waals surface area contributed by atoms with Crippen LogP contribution in [-0.2, 0) is 9.59 Å². The Morgan fingerprint density at radius 2 is 2.06 bits per heavy atom. The topological polar surface area (TPSA) is 130 Å². The van der Waals surface area contributed by atoms with Gasteiger partial charge in [0.1, 0.15) is 11.5 Å². The van der Waals surface area contributed by atoms with Crippen LogP contribution in [0.3, 0.4) is 0 Å². The van der Waals surface area contributed by atoms with Crippen LogP contribution in [0.4, 0.5) is 5.69 Å². The van der Waals surface area contributed by atoms with Crippen molar-refractivity contribution in [2.45, 2.75) is 32.6 Å². The number of hydrogen-bond donors (Lipinski definition) is 3. The van der Waals surface area contributed by atoms with Gasteiger partial charge in [0.05, 0.1) is 46.8 Å². The van der Waals surface area contributed by atoms with Gasteiger partial charge in [-0.15, -0.1) is 0 Å². The number of anilines is 1. The van der Waals surface area contributed by atoms with Crippen LogP contribution >= 0.6 is 11.8 Å². The van der Waals surface area contributed by atoms with Crippen molar-refractivity contribution in [3.63, 3.8) is 0 Å². The van der Waals surface area contributed by atoms with Crippen LogP contribution in [0.1, 0.15) is 38.4 Å². The van der Waals surface area contributed by atoms with Gasteiger partial charge in [0.2, 0.25) is 11.8 Å². The van der Waals surface area contributed by atoms with Gasteiger partial charge in [0, 0.05) is 11.4 Å². The van der Waals surface area contributed by atoms with E-state index in [4.69, 9.17) is 14.9 Å². The third-order valence-electron chi connectivity index (χ3n) is 4.99. The molecule has 2 aromatic rings. The number of hydrogen-bond acceptors (Lipinski definition) is 7. The predicted molar refractivity (Wildman–Crippen MR) is 127 cm³/mol. The standard InChI is InChI=1S/C24H26N4O4S/c1-3-4-11-31-17-9-7-16(8-10-17)28-20(29)14-33-24-18(13-25)22(19-6-5-12-32-19)21(23(26)30)15(2)27-24/h5-10,12,22,27H,3-4,11,14H2,1-2H3,(H2,26,30)(H,28,29)/t22-/m0/s1. The molecule has 33 heavy (non-hydrogen) atoms. The minimum absolute atomic E-state index is 0.0618. The van der Waals surface area contributed by atoms with Crippen molar-refractivity contribution in [1.29, 1.82) is 5.26 Å². The monoisotopic (exact) mass is 466 g/mol. The fraction of sp³-hybridized carbons (Fsp3) is 0.292. The Morgan fingerprint density at radius 3 is 2.67 bits per heavy atom. The molecule has 3 rings (SSSR count). The first-order valence-corrected chi connectivity index (χ1v) is 11.5. The van der Waals surface area contributed by atoms with Crippen LogP contribution in [-0.4, -0.2) is 24.2 Å². The van der Waals surface area contributed by atoms with E-state index in [0.717, 1.165) is 18.6 Å². The lowest BCUT2D eigenvalue weighted by molar-refractivity contribution is -0.115. The second-order valence-corrected chi connectivity index (χ2v) is 8.38. The molecule has 172 valence electrons. The number of ether oxygens (including phenoxy) is 1. The minimum Gasteiger partial charge on any atom is -0.494 e. The number of nitrogens with two attached hydrogens (primary N) is 1. The molecule has 1 aromatic carbocycles. The number of unbranched alkanes of at least 4 members (excludes halogenated alkanes) is 1. The van der Waals surface area contributed by atoms with Gasteiger partial charge < -0.3 is 25.5 Å². The molecule has 0 saturated heterocycles. The summed E-state index contributed by atoms with van der Waals surface area (Å²) in [6.45, 7) is 4.46. The zero-order chi connectivity index (χ0) is 23.8. The van der Waals surface area contributed by atoms with Gasteiger partial charge in [-0.25, -0.2) is 0 Å². The van der Waals surface area contributed by atoms with Gasteiger partial charge >= 0.3 is 0 Å². The first kappa shape index (κ1) is 24.0. The highest BCUT2D eigenvalue weighted by atomic mass is 32.2. The Morgan fingerprint density at radius 1 is 1.30 bits per heavy atom. The molecule has 1 atom stereocenters. The number of allylic oxidation sites excluding steroid dienone is 2. The normalized spacial score (nSPS) is 15.6. The number of primary amides is 1. The van der Waals surface area contributed by atoms with Crippen molar-refractivity contribution < 1.29 is 18.7 Å². The Kier molecular flexibility index (Phi) is 8.22. The van der Waals surface area contributed by atoms with Gasteiger partial charge in [-0.3, -0.25) is 9.59 Å². The number of carbonyl (C=O) groups excluding carboxylic acids is 2. The summed E-state index contributed by atoms with van der Waals surface area (Å²) in [5, 5.41) is 16.2. The van der Waals surface area contributed by atoms with Crippen LogP contribution < -0.4 is 21.1 Å².